The second-order valence-electron chi connectivity index (χ2n) is 3.19. The van der Waals surface area contributed by atoms with Crippen molar-refractivity contribution in [3.63, 3.8) is 0 Å². The zero-order chi connectivity index (χ0) is 12.3. The van der Waals surface area contributed by atoms with Crippen molar-refractivity contribution in [3.05, 3.63) is 52.5 Å². The lowest BCUT2D eigenvalue weighted by Crippen LogP contribution is -2.12. The third kappa shape index (κ3) is 3.15. The van der Waals surface area contributed by atoms with E-state index in [-0.39, 0.29) is 5.91 Å². The molecule has 1 N–H and O–H groups in total. The second kappa shape index (κ2) is 5.12. The fraction of sp³-hybridized carbons (Fsp3) is 0. The van der Waals surface area contributed by atoms with E-state index in [1.807, 2.05) is 0 Å². The van der Waals surface area contributed by atoms with Gasteiger partial charge in [-0.15, -0.1) is 0 Å². The number of halogens is 2. The summed E-state index contributed by atoms with van der Waals surface area (Å²) in [6.45, 7) is 0. The van der Waals surface area contributed by atoms with Crippen LogP contribution in [-0.4, -0.2) is 15.9 Å². The highest BCUT2D eigenvalue weighted by Crippen LogP contribution is 2.12. The van der Waals surface area contributed by atoms with Crippen molar-refractivity contribution in [1.29, 1.82) is 0 Å². The lowest BCUT2D eigenvalue weighted by molar-refractivity contribution is 0.102. The Hall–Kier alpha value is -1.65. The third-order valence-electron chi connectivity index (χ3n) is 1.97. The Morgan fingerprint density at radius 3 is 2.18 bits per heavy atom. The Morgan fingerprint density at radius 1 is 1.00 bits per heavy atom. The van der Waals surface area contributed by atoms with E-state index in [4.69, 9.17) is 23.2 Å². The average Bonchev–Trinajstić information content (AvgIpc) is 2.33. The normalized spacial score (nSPS) is 10.0. The van der Waals surface area contributed by atoms with Crippen molar-refractivity contribution < 1.29 is 4.79 Å². The maximum atomic E-state index is 11.8. The molecule has 2 aromatic heterocycles. The summed E-state index contributed by atoms with van der Waals surface area (Å²) in [4.78, 5) is 19.4. The van der Waals surface area contributed by atoms with Gasteiger partial charge in [-0.05, 0) is 24.3 Å². The van der Waals surface area contributed by atoms with Crippen LogP contribution in [0.4, 0.5) is 5.69 Å². The van der Waals surface area contributed by atoms with Gasteiger partial charge in [0.2, 0.25) is 0 Å². The van der Waals surface area contributed by atoms with Gasteiger partial charge < -0.3 is 5.32 Å². The first-order chi connectivity index (χ1) is 8.15. The molecule has 0 fully saturated rings. The fourth-order valence-corrected chi connectivity index (χ4v) is 1.39. The molecule has 0 bridgehead atoms. The van der Waals surface area contributed by atoms with Crippen molar-refractivity contribution in [2.75, 3.05) is 5.32 Å². The Balaban J connectivity index is 2.11. The average molecular weight is 268 g/mol. The van der Waals surface area contributed by atoms with Gasteiger partial charge in [0.1, 0.15) is 10.3 Å². The van der Waals surface area contributed by atoms with E-state index in [2.05, 4.69) is 15.3 Å². The summed E-state index contributed by atoms with van der Waals surface area (Å²) >= 11 is 11.3. The second-order valence-corrected chi connectivity index (χ2v) is 3.97. The van der Waals surface area contributed by atoms with Crippen LogP contribution in [0.2, 0.25) is 10.3 Å². The molecule has 2 aromatic rings. The van der Waals surface area contributed by atoms with Crippen LogP contribution in [0, 0.1) is 0 Å². The van der Waals surface area contributed by atoms with E-state index in [1.54, 1.807) is 24.3 Å². The molecule has 0 radical (unpaired) electrons. The number of rotatable bonds is 2. The zero-order valence-electron chi connectivity index (χ0n) is 8.52. The Labute approximate surface area is 108 Å². The molecule has 17 heavy (non-hydrogen) atoms. The molecule has 0 atom stereocenters. The predicted octanol–water partition coefficient (Wildman–Crippen LogP) is 3.04. The van der Waals surface area contributed by atoms with Gasteiger partial charge in [-0.25, -0.2) is 9.97 Å². The van der Waals surface area contributed by atoms with Gasteiger partial charge in [-0.2, -0.15) is 0 Å². The predicted molar refractivity (Wildman–Crippen MR) is 66.4 cm³/mol. The number of hydrogen-bond acceptors (Lipinski definition) is 3. The summed E-state index contributed by atoms with van der Waals surface area (Å²) < 4.78 is 0. The van der Waals surface area contributed by atoms with Crippen LogP contribution in [-0.2, 0) is 0 Å². The van der Waals surface area contributed by atoms with E-state index in [0.29, 0.717) is 21.6 Å². The summed E-state index contributed by atoms with van der Waals surface area (Å²) in [6, 6.07) is 6.40. The van der Waals surface area contributed by atoms with Gasteiger partial charge in [0.25, 0.3) is 5.91 Å². The Kier molecular flexibility index (Phi) is 3.56. The summed E-state index contributed by atoms with van der Waals surface area (Å²) in [5, 5.41) is 3.38. The molecule has 0 aliphatic heterocycles. The molecule has 86 valence electrons. The van der Waals surface area contributed by atoms with Crippen LogP contribution in [0.5, 0.6) is 0 Å². The number of amides is 1. The van der Waals surface area contributed by atoms with Gasteiger partial charge in [-0.3, -0.25) is 4.79 Å². The molecule has 0 saturated heterocycles. The standard InChI is InChI=1S/C11H7Cl2N3O/c12-9-3-1-7(5-14-9)11(17)16-8-2-4-10(13)15-6-8/h1-6H,(H,16,17). The number of hydrogen-bond donors (Lipinski definition) is 1. The number of aromatic nitrogens is 2. The zero-order valence-corrected chi connectivity index (χ0v) is 10.0. The van der Waals surface area contributed by atoms with Crippen molar-refractivity contribution in [2.24, 2.45) is 0 Å². The summed E-state index contributed by atoms with van der Waals surface area (Å²) in [5.74, 6) is -0.279. The quantitative estimate of drug-likeness (QED) is 0.851. The van der Waals surface area contributed by atoms with E-state index in [0.717, 1.165) is 0 Å². The van der Waals surface area contributed by atoms with Crippen LogP contribution < -0.4 is 5.32 Å². The van der Waals surface area contributed by atoms with Crippen molar-refractivity contribution >= 4 is 34.8 Å². The van der Waals surface area contributed by atoms with E-state index in [1.165, 1.54) is 12.4 Å². The minimum absolute atomic E-state index is 0.279. The molecule has 4 nitrogen and oxygen atoms in total. The first kappa shape index (κ1) is 11.8. The Bertz CT molecular complexity index is 525. The topological polar surface area (TPSA) is 54.9 Å². The number of carbonyl (C=O) groups is 1. The highest BCUT2D eigenvalue weighted by Gasteiger charge is 2.06. The highest BCUT2D eigenvalue weighted by molar-refractivity contribution is 6.29. The van der Waals surface area contributed by atoms with Gasteiger partial charge in [0.15, 0.2) is 0 Å². The molecule has 0 spiro atoms. The number of anilines is 1. The summed E-state index contributed by atoms with van der Waals surface area (Å²) in [6.07, 6.45) is 2.88. The highest BCUT2D eigenvalue weighted by atomic mass is 35.5. The maximum absolute atomic E-state index is 11.8. The first-order valence-electron chi connectivity index (χ1n) is 4.69. The van der Waals surface area contributed by atoms with Crippen LogP contribution in [0.3, 0.4) is 0 Å². The van der Waals surface area contributed by atoms with E-state index in [9.17, 15) is 4.79 Å². The van der Waals surface area contributed by atoms with Gasteiger partial charge in [-0.1, -0.05) is 23.2 Å². The SMILES string of the molecule is O=C(Nc1ccc(Cl)nc1)c1ccc(Cl)nc1. The van der Waals surface area contributed by atoms with Gasteiger partial charge in [0.05, 0.1) is 17.4 Å². The molecule has 0 aliphatic rings. The number of pyridine rings is 2. The minimum Gasteiger partial charge on any atom is -0.321 e. The molecule has 6 heteroatoms. The van der Waals surface area contributed by atoms with Crippen molar-refractivity contribution in [2.45, 2.75) is 0 Å². The van der Waals surface area contributed by atoms with Crippen molar-refractivity contribution in [1.82, 2.24) is 9.97 Å². The van der Waals surface area contributed by atoms with Crippen LogP contribution >= 0.6 is 23.2 Å². The smallest absolute Gasteiger partial charge is 0.257 e. The molecule has 0 saturated carbocycles. The molecule has 2 rings (SSSR count). The molecule has 1 amide bonds. The first-order valence-corrected chi connectivity index (χ1v) is 5.45. The summed E-state index contributed by atoms with van der Waals surface area (Å²) in [5.41, 5.74) is 0.985. The number of carbonyl (C=O) groups excluding carboxylic acids is 1. The maximum Gasteiger partial charge on any atom is 0.257 e. The van der Waals surface area contributed by atoms with Crippen LogP contribution in [0.25, 0.3) is 0 Å². The third-order valence-corrected chi connectivity index (χ3v) is 2.42. The molecule has 0 aliphatic carbocycles. The van der Waals surface area contributed by atoms with Gasteiger partial charge >= 0.3 is 0 Å². The number of nitrogens with zero attached hydrogens (tertiary/aromatic N) is 2. The molecule has 0 unspecified atom stereocenters. The van der Waals surface area contributed by atoms with E-state index >= 15 is 0 Å². The van der Waals surface area contributed by atoms with Crippen LogP contribution in [0.1, 0.15) is 10.4 Å². The molecular formula is C11H7Cl2N3O. The largest absolute Gasteiger partial charge is 0.321 e. The number of nitrogens with one attached hydrogen (secondary N) is 1. The summed E-state index contributed by atoms with van der Waals surface area (Å²) in [7, 11) is 0. The van der Waals surface area contributed by atoms with Crippen LogP contribution in [0.15, 0.2) is 36.7 Å². The molecule has 2 heterocycles. The Morgan fingerprint density at radius 2 is 1.65 bits per heavy atom. The molecule has 0 aromatic carbocycles. The lowest BCUT2D eigenvalue weighted by atomic mass is 10.2. The lowest BCUT2D eigenvalue weighted by Gasteiger charge is -2.04. The van der Waals surface area contributed by atoms with E-state index < -0.39 is 0 Å². The van der Waals surface area contributed by atoms with Gasteiger partial charge in [0, 0.05) is 6.20 Å². The fourth-order valence-electron chi connectivity index (χ4n) is 1.16. The van der Waals surface area contributed by atoms with Crippen molar-refractivity contribution in [3.8, 4) is 0 Å². The minimum atomic E-state index is -0.279. The monoisotopic (exact) mass is 267 g/mol. The molecular weight excluding hydrogens is 261 g/mol.